The zero-order valence-corrected chi connectivity index (χ0v) is 12.7. The van der Waals surface area contributed by atoms with E-state index < -0.39 is 6.36 Å². The molecule has 3 rings (SSSR count). The maximum atomic E-state index is 12.3. The summed E-state index contributed by atoms with van der Waals surface area (Å²) in [5, 5.41) is 0. The zero-order valence-electron chi connectivity index (χ0n) is 12.7. The Morgan fingerprint density at radius 3 is 2.71 bits per heavy atom. The molecule has 0 atom stereocenters. The normalized spacial score (nSPS) is 11.7. The summed E-state index contributed by atoms with van der Waals surface area (Å²) in [6.07, 6.45) is -1.03. The van der Waals surface area contributed by atoms with E-state index in [1.54, 1.807) is 41.9 Å². The summed E-state index contributed by atoms with van der Waals surface area (Å²) in [6, 6.07) is 8.98. The van der Waals surface area contributed by atoms with E-state index in [1.807, 2.05) is 0 Å². The van der Waals surface area contributed by atoms with Crippen molar-refractivity contribution >= 4 is 11.4 Å². The number of carbonyl (C=O) groups is 1. The molecule has 0 unspecified atom stereocenters. The molecule has 0 bridgehead atoms. The minimum atomic E-state index is -4.74. The number of ketones is 1. The summed E-state index contributed by atoms with van der Waals surface area (Å²) in [6.45, 7) is 1.78. The highest BCUT2D eigenvalue weighted by molar-refractivity contribution is 5.95. The second-order valence-corrected chi connectivity index (χ2v) is 5.16. The molecule has 24 heavy (non-hydrogen) atoms. The Morgan fingerprint density at radius 1 is 1.21 bits per heavy atom. The Kier molecular flexibility index (Phi) is 4.01. The van der Waals surface area contributed by atoms with Crippen LogP contribution in [0.3, 0.4) is 0 Å². The molecular formula is C17H13F3N2O2. The molecule has 0 spiro atoms. The number of rotatable bonds is 4. The second kappa shape index (κ2) is 5.99. The zero-order chi connectivity index (χ0) is 17.3. The van der Waals surface area contributed by atoms with Gasteiger partial charge in [0.2, 0.25) is 0 Å². The SMILES string of the molecule is CCC(=O)c1ccc2nc(-c3cccc(OC(F)(F)F)c3)cn2c1. The van der Waals surface area contributed by atoms with Gasteiger partial charge in [0, 0.05) is 29.9 Å². The van der Waals surface area contributed by atoms with Gasteiger partial charge in [0.25, 0.3) is 0 Å². The molecule has 3 aromatic rings. The van der Waals surface area contributed by atoms with E-state index in [2.05, 4.69) is 9.72 Å². The summed E-state index contributed by atoms with van der Waals surface area (Å²) in [5.41, 5.74) is 2.13. The lowest BCUT2D eigenvalue weighted by Gasteiger charge is -2.09. The van der Waals surface area contributed by atoms with Crippen LogP contribution in [0.2, 0.25) is 0 Å². The van der Waals surface area contributed by atoms with Crippen molar-refractivity contribution < 1.29 is 22.7 Å². The van der Waals surface area contributed by atoms with E-state index in [0.29, 0.717) is 28.9 Å². The number of alkyl halides is 3. The smallest absolute Gasteiger partial charge is 0.406 e. The van der Waals surface area contributed by atoms with Crippen molar-refractivity contribution in [2.45, 2.75) is 19.7 Å². The molecule has 0 aliphatic heterocycles. The average Bonchev–Trinajstić information content (AvgIpc) is 2.96. The Morgan fingerprint density at radius 2 is 2.00 bits per heavy atom. The van der Waals surface area contributed by atoms with Gasteiger partial charge in [0.1, 0.15) is 11.4 Å². The van der Waals surface area contributed by atoms with Crippen LogP contribution in [-0.4, -0.2) is 21.5 Å². The number of carbonyl (C=O) groups excluding carboxylic acids is 1. The summed E-state index contributed by atoms with van der Waals surface area (Å²) >= 11 is 0. The van der Waals surface area contributed by atoms with Crippen molar-refractivity contribution in [2.24, 2.45) is 0 Å². The Hall–Kier alpha value is -2.83. The quantitative estimate of drug-likeness (QED) is 0.660. The van der Waals surface area contributed by atoms with Crippen molar-refractivity contribution in [1.29, 1.82) is 0 Å². The standard InChI is InChI=1S/C17H13F3N2O2/c1-2-15(23)12-6-7-16-21-14(10-22(16)9-12)11-4-3-5-13(8-11)24-17(18,19)20/h3-10H,2H2,1H3. The number of pyridine rings is 1. The number of fused-ring (bicyclic) bond motifs is 1. The topological polar surface area (TPSA) is 43.6 Å². The summed E-state index contributed by atoms with van der Waals surface area (Å²) in [4.78, 5) is 16.1. The third kappa shape index (κ3) is 3.40. The average molecular weight is 334 g/mol. The van der Waals surface area contributed by atoms with Crippen LogP contribution in [0.1, 0.15) is 23.7 Å². The number of hydrogen-bond acceptors (Lipinski definition) is 3. The first kappa shape index (κ1) is 16.0. The van der Waals surface area contributed by atoms with Gasteiger partial charge in [-0.1, -0.05) is 19.1 Å². The van der Waals surface area contributed by atoms with Crippen molar-refractivity contribution in [3.8, 4) is 17.0 Å². The van der Waals surface area contributed by atoms with E-state index in [-0.39, 0.29) is 11.5 Å². The number of nitrogens with zero attached hydrogens (tertiary/aromatic N) is 2. The Labute approximate surface area is 135 Å². The highest BCUT2D eigenvalue weighted by atomic mass is 19.4. The molecule has 0 aliphatic carbocycles. The molecule has 0 N–H and O–H groups in total. The highest BCUT2D eigenvalue weighted by Crippen LogP contribution is 2.27. The van der Waals surface area contributed by atoms with Crippen LogP contribution < -0.4 is 4.74 Å². The van der Waals surface area contributed by atoms with E-state index in [9.17, 15) is 18.0 Å². The molecule has 2 aromatic heterocycles. The molecule has 2 heterocycles. The third-order valence-corrected chi connectivity index (χ3v) is 3.46. The first-order chi connectivity index (χ1) is 11.4. The van der Waals surface area contributed by atoms with Gasteiger partial charge in [-0.3, -0.25) is 4.79 Å². The molecule has 0 fully saturated rings. The van der Waals surface area contributed by atoms with Gasteiger partial charge in [0.15, 0.2) is 5.78 Å². The molecule has 0 saturated heterocycles. The van der Waals surface area contributed by atoms with Gasteiger partial charge < -0.3 is 9.14 Å². The number of Topliss-reactive ketones (excluding diaryl/α,β-unsaturated/α-hetero) is 1. The minimum absolute atomic E-state index is 0.00715. The van der Waals surface area contributed by atoms with Crippen molar-refractivity contribution in [1.82, 2.24) is 9.38 Å². The molecular weight excluding hydrogens is 321 g/mol. The molecule has 0 saturated carbocycles. The lowest BCUT2D eigenvalue weighted by atomic mass is 10.1. The number of halogens is 3. The number of aromatic nitrogens is 2. The second-order valence-electron chi connectivity index (χ2n) is 5.16. The van der Waals surface area contributed by atoms with Gasteiger partial charge in [-0.2, -0.15) is 0 Å². The fourth-order valence-corrected chi connectivity index (χ4v) is 2.35. The lowest BCUT2D eigenvalue weighted by molar-refractivity contribution is -0.274. The van der Waals surface area contributed by atoms with Gasteiger partial charge in [-0.15, -0.1) is 13.2 Å². The van der Waals surface area contributed by atoms with Crippen LogP contribution in [-0.2, 0) is 0 Å². The fourth-order valence-electron chi connectivity index (χ4n) is 2.35. The predicted octanol–water partition coefficient (Wildman–Crippen LogP) is 4.49. The van der Waals surface area contributed by atoms with Gasteiger partial charge in [-0.05, 0) is 24.3 Å². The Balaban J connectivity index is 1.97. The summed E-state index contributed by atoms with van der Waals surface area (Å²) in [7, 11) is 0. The third-order valence-electron chi connectivity index (χ3n) is 3.46. The highest BCUT2D eigenvalue weighted by Gasteiger charge is 2.31. The van der Waals surface area contributed by atoms with Crippen LogP contribution >= 0.6 is 0 Å². The van der Waals surface area contributed by atoms with E-state index in [4.69, 9.17) is 0 Å². The van der Waals surface area contributed by atoms with Crippen LogP contribution in [0, 0.1) is 0 Å². The van der Waals surface area contributed by atoms with Crippen molar-refractivity contribution in [3.05, 3.63) is 54.4 Å². The summed E-state index contributed by atoms with van der Waals surface area (Å²) in [5.74, 6) is -0.299. The van der Waals surface area contributed by atoms with E-state index in [0.717, 1.165) is 0 Å². The first-order valence-corrected chi connectivity index (χ1v) is 7.24. The van der Waals surface area contributed by atoms with Gasteiger partial charge >= 0.3 is 6.36 Å². The van der Waals surface area contributed by atoms with Gasteiger partial charge in [0.05, 0.1) is 5.69 Å². The number of ether oxygens (including phenoxy) is 1. The van der Waals surface area contributed by atoms with Crippen molar-refractivity contribution in [3.63, 3.8) is 0 Å². The minimum Gasteiger partial charge on any atom is -0.406 e. The molecule has 0 amide bonds. The van der Waals surface area contributed by atoms with Crippen molar-refractivity contribution in [2.75, 3.05) is 0 Å². The van der Waals surface area contributed by atoms with E-state index in [1.165, 1.54) is 18.2 Å². The lowest BCUT2D eigenvalue weighted by Crippen LogP contribution is -2.17. The number of imidazole rings is 1. The molecule has 124 valence electrons. The molecule has 7 heteroatoms. The Bertz CT molecular complexity index is 900. The van der Waals surface area contributed by atoms with Crippen LogP contribution in [0.25, 0.3) is 16.9 Å². The fraction of sp³-hybridized carbons (Fsp3) is 0.176. The predicted molar refractivity (Wildman–Crippen MR) is 81.9 cm³/mol. The van der Waals surface area contributed by atoms with Crippen LogP contribution in [0.5, 0.6) is 5.75 Å². The van der Waals surface area contributed by atoms with E-state index >= 15 is 0 Å². The number of benzene rings is 1. The first-order valence-electron chi connectivity index (χ1n) is 7.24. The van der Waals surface area contributed by atoms with Crippen LogP contribution in [0.4, 0.5) is 13.2 Å². The molecule has 0 aliphatic rings. The molecule has 0 radical (unpaired) electrons. The maximum Gasteiger partial charge on any atom is 0.573 e. The van der Waals surface area contributed by atoms with Crippen LogP contribution in [0.15, 0.2) is 48.8 Å². The monoisotopic (exact) mass is 334 g/mol. The summed E-state index contributed by atoms with van der Waals surface area (Å²) < 4.78 is 42.6. The molecule has 4 nitrogen and oxygen atoms in total. The molecule has 1 aromatic carbocycles. The van der Waals surface area contributed by atoms with Gasteiger partial charge in [-0.25, -0.2) is 4.98 Å². The largest absolute Gasteiger partial charge is 0.573 e. The number of hydrogen-bond donors (Lipinski definition) is 0. The maximum absolute atomic E-state index is 12.3.